The Labute approximate surface area is 241 Å². The minimum atomic E-state index is -0.207. The summed E-state index contributed by atoms with van der Waals surface area (Å²) in [5.41, 5.74) is 2.75. The van der Waals surface area contributed by atoms with Gasteiger partial charge in [-0.05, 0) is 17.7 Å². The van der Waals surface area contributed by atoms with E-state index >= 15 is 0 Å². The van der Waals surface area contributed by atoms with Gasteiger partial charge >= 0.3 is 0 Å². The molecule has 10 nitrogen and oxygen atoms in total. The third-order valence-corrected chi connectivity index (χ3v) is 7.78. The van der Waals surface area contributed by atoms with Gasteiger partial charge in [0.2, 0.25) is 11.7 Å². The molecule has 0 spiro atoms. The molecule has 11 heteroatoms. The van der Waals surface area contributed by atoms with E-state index in [-0.39, 0.29) is 11.6 Å². The lowest BCUT2D eigenvalue weighted by Crippen LogP contribution is -2.39. The van der Waals surface area contributed by atoms with Gasteiger partial charge in [-0.15, -0.1) is 0 Å². The Morgan fingerprint density at radius 3 is 2.46 bits per heavy atom. The van der Waals surface area contributed by atoms with E-state index in [4.69, 9.17) is 36.0 Å². The van der Waals surface area contributed by atoms with E-state index in [0.717, 1.165) is 21.9 Å². The van der Waals surface area contributed by atoms with Gasteiger partial charge in [0, 0.05) is 61.7 Å². The first kappa shape index (κ1) is 25.8. The largest absolute Gasteiger partial charge is 0.378 e. The van der Waals surface area contributed by atoms with E-state index < -0.39 is 0 Å². The number of halogens is 1. The maximum Gasteiger partial charge on any atom is 0.230 e. The Kier molecular flexibility index (Phi) is 6.92. The van der Waals surface area contributed by atoms with Crippen molar-refractivity contribution in [2.75, 3.05) is 62.4 Å². The number of aromatic nitrogens is 5. The number of H-pyrrole nitrogens is 1. The zero-order valence-electron chi connectivity index (χ0n) is 22.4. The van der Waals surface area contributed by atoms with Crippen molar-refractivity contribution in [2.45, 2.75) is 13.0 Å². The molecule has 1 aliphatic carbocycles. The van der Waals surface area contributed by atoms with Crippen molar-refractivity contribution in [3.05, 3.63) is 63.0 Å². The van der Waals surface area contributed by atoms with Crippen LogP contribution in [-0.4, -0.2) is 82.9 Å². The Hall–Kier alpha value is -4.17. The second-order valence-corrected chi connectivity index (χ2v) is 10.6. The van der Waals surface area contributed by atoms with Gasteiger partial charge in [-0.2, -0.15) is 9.97 Å². The molecule has 41 heavy (non-hydrogen) atoms. The van der Waals surface area contributed by atoms with Gasteiger partial charge in [0.05, 0.1) is 37.3 Å². The third-order valence-electron chi connectivity index (χ3n) is 7.53. The fourth-order valence-corrected chi connectivity index (χ4v) is 5.53. The summed E-state index contributed by atoms with van der Waals surface area (Å²) in [4.78, 5) is 36.1. The second kappa shape index (κ2) is 11.0. The van der Waals surface area contributed by atoms with Gasteiger partial charge in [0.25, 0.3) is 0 Å². The molecular weight excluding hydrogens is 542 g/mol. The number of ketones is 1. The van der Waals surface area contributed by atoms with Crippen LogP contribution in [0.25, 0.3) is 23.3 Å². The number of anilines is 2. The Bertz CT molecular complexity index is 1800. The summed E-state index contributed by atoms with van der Waals surface area (Å²) in [6.07, 6.45) is 6.34. The van der Waals surface area contributed by atoms with Gasteiger partial charge in [0.15, 0.2) is 17.3 Å². The van der Waals surface area contributed by atoms with Crippen LogP contribution in [0, 0.1) is 11.8 Å². The van der Waals surface area contributed by atoms with E-state index in [1.165, 1.54) is 0 Å². The van der Waals surface area contributed by atoms with Crippen LogP contribution in [-0.2, 0) is 16.0 Å². The molecule has 0 unspecified atom stereocenters. The van der Waals surface area contributed by atoms with Crippen molar-refractivity contribution < 1.29 is 14.3 Å². The van der Waals surface area contributed by atoms with Gasteiger partial charge in [-0.25, -0.2) is 4.98 Å². The van der Waals surface area contributed by atoms with E-state index in [1.807, 2.05) is 42.6 Å². The molecule has 0 atom stereocenters. The normalized spacial score (nSPS) is 16.8. The molecule has 4 aromatic rings. The van der Waals surface area contributed by atoms with E-state index in [1.54, 1.807) is 0 Å². The standard InChI is InChI=1S/C30H28ClN7O3/c31-21-8-6-20(7-9-21)18-38-19-23(22-4-2-1-3-5-24(22)38)26(39)28-32-25-27(33-28)34-30(37-12-16-41-17-13-37)35-29(25)36-10-14-40-15-11-36/h4-9,19H,2,10-18H2,(H,32,33,34,35). The average molecular weight is 570 g/mol. The Morgan fingerprint density at radius 1 is 0.976 bits per heavy atom. The maximum absolute atomic E-state index is 14.1. The lowest BCUT2D eigenvalue weighted by Gasteiger charge is -2.30. The predicted octanol–water partition coefficient (Wildman–Crippen LogP) is 1.73. The Balaban J connectivity index is 1.31. The van der Waals surface area contributed by atoms with Gasteiger partial charge < -0.3 is 28.8 Å². The molecule has 3 aliphatic rings. The highest BCUT2D eigenvalue weighted by Crippen LogP contribution is 2.27. The number of benzene rings is 1. The van der Waals surface area contributed by atoms with Gasteiger partial charge in [0.1, 0.15) is 5.52 Å². The molecule has 5 heterocycles. The van der Waals surface area contributed by atoms with Crippen molar-refractivity contribution in [3.8, 4) is 11.8 Å². The monoisotopic (exact) mass is 569 g/mol. The lowest BCUT2D eigenvalue weighted by atomic mass is 10.1. The zero-order chi connectivity index (χ0) is 27.8. The van der Waals surface area contributed by atoms with Crippen LogP contribution in [0.15, 0.2) is 30.5 Å². The summed E-state index contributed by atoms with van der Waals surface area (Å²) in [6, 6.07) is 7.71. The van der Waals surface area contributed by atoms with Crippen molar-refractivity contribution in [1.82, 2.24) is 24.5 Å². The molecule has 2 fully saturated rings. The SMILES string of the molecule is O=C(c1nc2nc(N3CCOCC3)nc(N3CCOCC3)c2[nH]1)c1cn(Cc2ccc(Cl)cc2)c2c1=CCC#CC=2. The number of rotatable bonds is 6. The van der Waals surface area contributed by atoms with Crippen LogP contribution in [0.1, 0.15) is 28.2 Å². The zero-order valence-corrected chi connectivity index (χ0v) is 23.2. The average Bonchev–Trinajstić information content (AvgIpc) is 3.50. The van der Waals surface area contributed by atoms with Crippen LogP contribution in [0.3, 0.4) is 0 Å². The molecule has 208 valence electrons. The summed E-state index contributed by atoms with van der Waals surface area (Å²) < 4.78 is 13.2. The highest BCUT2D eigenvalue weighted by Gasteiger charge is 2.26. The van der Waals surface area contributed by atoms with Crippen molar-refractivity contribution in [2.24, 2.45) is 0 Å². The number of aromatic amines is 1. The highest BCUT2D eigenvalue weighted by atomic mass is 35.5. The Morgan fingerprint density at radius 2 is 1.71 bits per heavy atom. The van der Waals surface area contributed by atoms with Crippen molar-refractivity contribution in [3.63, 3.8) is 0 Å². The topological polar surface area (TPSA) is 101 Å². The maximum atomic E-state index is 14.1. The minimum absolute atomic E-state index is 0.207. The number of hydrogen-bond donors (Lipinski definition) is 1. The van der Waals surface area contributed by atoms with Crippen LogP contribution < -0.4 is 20.4 Å². The lowest BCUT2D eigenvalue weighted by molar-refractivity contribution is 0.102. The predicted molar refractivity (Wildman–Crippen MR) is 157 cm³/mol. The number of ether oxygens (including phenoxy) is 2. The van der Waals surface area contributed by atoms with E-state index in [2.05, 4.69) is 31.2 Å². The number of carbonyl (C=O) groups excluding carboxylic acids is 1. The molecule has 2 aliphatic heterocycles. The summed E-state index contributed by atoms with van der Waals surface area (Å²) in [6.45, 7) is 5.83. The second-order valence-electron chi connectivity index (χ2n) is 10.1. The molecule has 0 saturated carbocycles. The molecule has 1 aromatic carbocycles. The van der Waals surface area contributed by atoms with Crippen LogP contribution in [0.4, 0.5) is 11.8 Å². The fourth-order valence-electron chi connectivity index (χ4n) is 5.41. The molecule has 0 amide bonds. The molecule has 1 N–H and O–H groups in total. The first-order valence-electron chi connectivity index (χ1n) is 13.7. The summed E-state index contributed by atoms with van der Waals surface area (Å²) in [5, 5.41) is 2.42. The molecule has 0 bridgehead atoms. The third kappa shape index (κ3) is 5.08. The first-order valence-corrected chi connectivity index (χ1v) is 14.1. The molecular formula is C30H28ClN7O3. The van der Waals surface area contributed by atoms with Gasteiger partial charge in [-0.1, -0.05) is 41.7 Å². The first-order chi connectivity index (χ1) is 20.1. The van der Waals surface area contributed by atoms with Crippen molar-refractivity contribution >= 4 is 52.5 Å². The fraction of sp³-hybridized carbons (Fsp3) is 0.333. The number of morpholine rings is 2. The molecule has 2 saturated heterocycles. The van der Waals surface area contributed by atoms with E-state index in [9.17, 15) is 4.79 Å². The van der Waals surface area contributed by atoms with Gasteiger partial charge in [-0.3, -0.25) is 4.79 Å². The number of nitrogens with zero attached hydrogens (tertiary/aromatic N) is 6. The van der Waals surface area contributed by atoms with E-state index in [0.29, 0.717) is 93.3 Å². The smallest absolute Gasteiger partial charge is 0.230 e. The molecule has 3 aromatic heterocycles. The minimum Gasteiger partial charge on any atom is -0.378 e. The highest BCUT2D eigenvalue weighted by molar-refractivity contribution is 6.30. The van der Waals surface area contributed by atoms with Crippen LogP contribution >= 0.6 is 11.6 Å². The number of nitrogens with one attached hydrogen (secondary N) is 1. The van der Waals surface area contributed by atoms with Crippen molar-refractivity contribution in [1.29, 1.82) is 0 Å². The number of hydrogen-bond acceptors (Lipinski definition) is 8. The number of imidazole rings is 1. The van der Waals surface area contributed by atoms with Crippen LogP contribution in [0.2, 0.25) is 5.02 Å². The summed E-state index contributed by atoms with van der Waals surface area (Å²) in [7, 11) is 0. The summed E-state index contributed by atoms with van der Waals surface area (Å²) in [5.74, 6) is 7.57. The quantitative estimate of drug-likeness (QED) is 0.277. The molecule has 0 radical (unpaired) electrons. The van der Waals surface area contributed by atoms with Crippen LogP contribution in [0.5, 0.6) is 0 Å². The number of fused-ring (bicyclic) bond motifs is 2. The summed E-state index contributed by atoms with van der Waals surface area (Å²) >= 11 is 6.09. The molecule has 7 rings (SSSR count). The number of carbonyl (C=O) groups is 1.